The van der Waals surface area contributed by atoms with Gasteiger partial charge < -0.3 is 4.52 Å². The molecule has 1 aromatic rings. The first-order chi connectivity index (χ1) is 8.63. The van der Waals surface area contributed by atoms with E-state index >= 15 is 0 Å². The first-order valence-corrected chi connectivity index (χ1v) is 11.9. The Kier molecular flexibility index (Phi) is 7.69. The van der Waals surface area contributed by atoms with Gasteiger partial charge in [-0.1, -0.05) is 13.8 Å². The molecule has 0 aliphatic heterocycles. The summed E-state index contributed by atoms with van der Waals surface area (Å²) in [5.41, 5.74) is 0. The van der Waals surface area contributed by atoms with E-state index in [0.29, 0.717) is 5.75 Å². The summed E-state index contributed by atoms with van der Waals surface area (Å²) >= 11 is 4.54. The van der Waals surface area contributed by atoms with Gasteiger partial charge in [0.15, 0.2) is 0 Å². The van der Waals surface area contributed by atoms with E-state index in [9.17, 15) is 4.57 Å². The van der Waals surface area contributed by atoms with E-state index < -0.39 is 5.77 Å². The number of thioether (sulfide) groups is 1. The summed E-state index contributed by atoms with van der Waals surface area (Å²) in [6, 6.07) is 7.76. The standard InChI is InChI=1S/C12H19O2PS3/c1-4-10-18-15(13,17-5-2)14-11-6-8-12(16-3)9-7-11/h6-9H,4-5,10H2,1-3H3. The first kappa shape index (κ1) is 16.4. The van der Waals surface area contributed by atoms with Crippen molar-refractivity contribution in [3.8, 4) is 5.75 Å². The van der Waals surface area contributed by atoms with Crippen LogP contribution in [0, 0.1) is 0 Å². The van der Waals surface area contributed by atoms with Crippen molar-refractivity contribution in [3.05, 3.63) is 24.3 Å². The lowest BCUT2D eigenvalue weighted by molar-refractivity contribution is 0.515. The Balaban J connectivity index is 2.72. The molecular formula is C12H19O2PS3. The van der Waals surface area contributed by atoms with E-state index in [4.69, 9.17) is 4.52 Å². The van der Waals surface area contributed by atoms with Crippen LogP contribution in [0.5, 0.6) is 5.75 Å². The van der Waals surface area contributed by atoms with Crippen molar-refractivity contribution in [1.82, 2.24) is 0 Å². The Morgan fingerprint density at radius 1 is 1.17 bits per heavy atom. The van der Waals surface area contributed by atoms with E-state index in [1.54, 1.807) is 11.8 Å². The molecule has 0 aromatic heterocycles. The minimum atomic E-state index is -2.65. The average Bonchev–Trinajstić information content (AvgIpc) is 2.38. The molecule has 1 unspecified atom stereocenters. The second-order valence-corrected chi connectivity index (χ2v) is 12.1. The summed E-state index contributed by atoms with van der Waals surface area (Å²) in [5, 5.41) is 0. The van der Waals surface area contributed by atoms with Crippen LogP contribution in [0.1, 0.15) is 20.3 Å². The van der Waals surface area contributed by atoms with Crippen LogP contribution in [0.3, 0.4) is 0 Å². The predicted molar refractivity (Wildman–Crippen MR) is 87.3 cm³/mol. The molecule has 1 atom stereocenters. The highest BCUT2D eigenvalue weighted by molar-refractivity contribution is 8.89. The molecule has 0 radical (unpaired) electrons. The molecule has 0 saturated carbocycles. The summed E-state index contributed by atoms with van der Waals surface area (Å²) in [5.74, 6) is -0.289. The molecule has 0 aliphatic rings. The van der Waals surface area contributed by atoms with Crippen molar-refractivity contribution in [2.75, 3.05) is 17.8 Å². The topological polar surface area (TPSA) is 26.3 Å². The molecule has 0 fully saturated rings. The lowest BCUT2D eigenvalue weighted by Gasteiger charge is -2.17. The summed E-state index contributed by atoms with van der Waals surface area (Å²) < 4.78 is 18.3. The smallest absolute Gasteiger partial charge is 0.359 e. The number of hydrogen-bond acceptors (Lipinski definition) is 5. The van der Waals surface area contributed by atoms with Gasteiger partial charge in [0, 0.05) is 16.4 Å². The zero-order valence-corrected chi connectivity index (χ0v) is 14.3. The summed E-state index contributed by atoms with van der Waals surface area (Å²) in [4.78, 5) is 1.18. The molecule has 6 heteroatoms. The van der Waals surface area contributed by atoms with E-state index in [-0.39, 0.29) is 0 Å². The third-order valence-electron chi connectivity index (χ3n) is 2.02. The Labute approximate surface area is 122 Å². The zero-order valence-electron chi connectivity index (χ0n) is 10.9. The lowest BCUT2D eigenvalue weighted by Crippen LogP contribution is -1.88. The van der Waals surface area contributed by atoms with Gasteiger partial charge in [-0.15, -0.1) is 11.8 Å². The van der Waals surface area contributed by atoms with Crippen LogP contribution in [0.25, 0.3) is 0 Å². The van der Waals surface area contributed by atoms with Gasteiger partial charge in [-0.2, -0.15) is 0 Å². The van der Waals surface area contributed by atoms with Gasteiger partial charge in [0.25, 0.3) is 0 Å². The van der Waals surface area contributed by atoms with Crippen molar-refractivity contribution in [3.63, 3.8) is 0 Å². The van der Waals surface area contributed by atoms with Gasteiger partial charge in [0.05, 0.1) is 0 Å². The average molecular weight is 322 g/mol. The maximum Gasteiger partial charge on any atom is 0.359 e. The Morgan fingerprint density at radius 3 is 2.33 bits per heavy atom. The van der Waals surface area contributed by atoms with E-state index in [1.807, 2.05) is 37.4 Å². The lowest BCUT2D eigenvalue weighted by atomic mass is 10.3. The van der Waals surface area contributed by atoms with Crippen LogP contribution in [0.4, 0.5) is 0 Å². The van der Waals surface area contributed by atoms with Gasteiger partial charge in [0.1, 0.15) is 5.75 Å². The Morgan fingerprint density at radius 2 is 1.83 bits per heavy atom. The van der Waals surface area contributed by atoms with E-state index in [2.05, 4.69) is 6.92 Å². The SMILES string of the molecule is CCCSP(=O)(Oc1ccc(SC)cc1)SCC. The molecule has 0 N–H and O–H groups in total. The minimum absolute atomic E-state index is 0.695. The Bertz CT molecular complexity index is 395. The van der Waals surface area contributed by atoms with Gasteiger partial charge >= 0.3 is 5.77 Å². The molecule has 0 saturated heterocycles. The maximum absolute atomic E-state index is 12.6. The van der Waals surface area contributed by atoms with Crippen molar-refractivity contribution < 1.29 is 9.09 Å². The molecule has 0 aliphatic carbocycles. The fourth-order valence-electron chi connectivity index (χ4n) is 1.22. The van der Waals surface area contributed by atoms with Gasteiger partial charge in [-0.3, -0.25) is 4.57 Å². The van der Waals surface area contributed by atoms with Crippen molar-refractivity contribution in [1.29, 1.82) is 0 Å². The normalized spacial score (nSPS) is 14.2. The highest BCUT2D eigenvalue weighted by Crippen LogP contribution is 2.69. The molecule has 2 nitrogen and oxygen atoms in total. The van der Waals surface area contributed by atoms with Crippen molar-refractivity contribution in [2.45, 2.75) is 25.2 Å². The van der Waals surface area contributed by atoms with Crippen LogP contribution in [-0.2, 0) is 4.57 Å². The van der Waals surface area contributed by atoms with Crippen molar-refractivity contribution >= 4 is 40.3 Å². The molecule has 0 amide bonds. The number of hydrogen-bond donors (Lipinski definition) is 0. The minimum Gasteiger partial charge on any atom is -0.429 e. The second-order valence-electron chi connectivity index (χ2n) is 3.47. The zero-order chi connectivity index (χ0) is 13.4. The third-order valence-corrected chi connectivity index (χ3v) is 10.2. The third kappa shape index (κ3) is 5.52. The predicted octanol–water partition coefficient (Wildman–Crippen LogP) is 5.79. The number of rotatable bonds is 8. The van der Waals surface area contributed by atoms with E-state index in [1.165, 1.54) is 27.7 Å². The molecule has 18 heavy (non-hydrogen) atoms. The van der Waals surface area contributed by atoms with Crippen molar-refractivity contribution in [2.24, 2.45) is 0 Å². The maximum atomic E-state index is 12.6. The molecule has 0 heterocycles. The first-order valence-electron chi connectivity index (χ1n) is 5.86. The van der Waals surface area contributed by atoms with Gasteiger partial charge in [-0.05, 0) is 59.7 Å². The Hall–Kier alpha value is 0.300. The van der Waals surface area contributed by atoms with Gasteiger partial charge in [0.2, 0.25) is 0 Å². The quantitative estimate of drug-likeness (QED) is 0.446. The fraction of sp³-hybridized carbons (Fsp3) is 0.500. The molecule has 1 aromatic carbocycles. The van der Waals surface area contributed by atoms with Crippen LogP contribution >= 0.6 is 40.3 Å². The summed E-state index contributed by atoms with van der Waals surface area (Å²) in [7, 11) is 0. The monoisotopic (exact) mass is 322 g/mol. The number of benzene rings is 1. The highest BCUT2D eigenvalue weighted by Gasteiger charge is 2.25. The molecule has 1 rings (SSSR count). The van der Waals surface area contributed by atoms with E-state index in [0.717, 1.165) is 17.9 Å². The summed E-state index contributed by atoms with van der Waals surface area (Å²) in [6.45, 7) is 4.09. The molecular weight excluding hydrogens is 303 g/mol. The van der Waals surface area contributed by atoms with Gasteiger partial charge in [-0.25, -0.2) is 0 Å². The second kappa shape index (κ2) is 8.47. The summed E-state index contributed by atoms with van der Waals surface area (Å²) in [6.07, 6.45) is 3.04. The molecule has 0 spiro atoms. The fourth-order valence-corrected chi connectivity index (χ4v) is 8.42. The van der Waals surface area contributed by atoms with Crippen LogP contribution in [0.2, 0.25) is 0 Å². The largest absolute Gasteiger partial charge is 0.429 e. The van der Waals surface area contributed by atoms with Crippen LogP contribution in [0.15, 0.2) is 29.2 Å². The van der Waals surface area contributed by atoms with Crippen LogP contribution < -0.4 is 4.52 Å². The van der Waals surface area contributed by atoms with Crippen LogP contribution in [-0.4, -0.2) is 17.8 Å². The molecule has 102 valence electrons. The highest BCUT2D eigenvalue weighted by atomic mass is 33.1. The molecule has 0 bridgehead atoms.